The van der Waals surface area contributed by atoms with Crippen LogP contribution in [0.2, 0.25) is 0 Å². The Kier molecular flexibility index (Phi) is 5.53. The van der Waals surface area contributed by atoms with Crippen LogP contribution >= 0.6 is 0 Å². The van der Waals surface area contributed by atoms with Crippen molar-refractivity contribution in [2.45, 2.75) is 64.2 Å². The summed E-state index contributed by atoms with van der Waals surface area (Å²) in [5.74, 6) is -0.329. The average Bonchev–Trinajstić information content (AvgIpc) is 2.69. The summed E-state index contributed by atoms with van der Waals surface area (Å²) in [5, 5.41) is 0.260. The maximum atomic E-state index is 15.0. The Bertz CT molecular complexity index is 885. The molecule has 150 valence electrons. The van der Waals surface area contributed by atoms with Crippen molar-refractivity contribution in [3.05, 3.63) is 59.4 Å². The monoisotopic (exact) mass is 386 g/mol. The van der Waals surface area contributed by atoms with E-state index in [1.165, 1.54) is 19.3 Å². The zero-order valence-electron chi connectivity index (χ0n) is 16.6. The smallest absolute Gasteiger partial charge is 0.169 e. The van der Waals surface area contributed by atoms with E-state index < -0.39 is 17.5 Å². The Labute approximate surface area is 165 Å². The molecule has 0 aliphatic heterocycles. The predicted octanol–water partition coefficient (Wildman–Crippen LogP) is 7.70. The lowest BCUT2D eigenvalue weighted by atomic mass is 9.64. The van der Waals surface area contributed by atoms with E-state index in [4.69, 9.17) is 0 Å². The topological polar surface area (TPSA) is 0 Å². The first kappa shape index (κ1) is 19.5. The fraction of sp³-hybridized carbons (Fsp3) is 0.520. The van der Waals surface area contributed by atoms with Gasteiger partial charge in [-0.25, -0.2) is 13.2 Å². The van der Waals surface area contributed by atoms with Crippen molar-refractivity contribution in [1.29, 1.82) is 0 Å². The van der Waals surface area contributed by atoms with Gasteiger partial charge in [-0.05, 0) is 91.2 Å². The van der Waals surface area contributed by atoms with Crippen molar-refractivity contribution >= 4 is 10.8 Å². The third-order valence-electron chi connectivity index (χ3n) is 7.16. The molecule has 0 aromatic heterocycles. The van der Waals surface area contributed by atoms with E-state index in [-0.39, 0.29) is 11.3 Å². The van der Waals surface area contributed by atoms with E-state index >= 15 is 4.39 Å². The maximum absolute atomic E-state index is 15.0. The van der Waals surface area contributed by atoms with Crippen LogP contribution in [0.5, 0.6) is 0 Å². The van der Waals surface area contributed by atoms with Crippen LogP contribution in [0.15, 0.2) is 30.9 Å². The molecule has 0 spiro atoms. The number of hydrogen-bond acceptors (Lipinski definition) is 0. The van der Waals surface area contributed by atoms with Crippen LogP contribution in [-0.4, -0.2) is 0 Å². The number of benzene rings is 2. The molecule has 0 amide bonds. The third-order valence-corrected chi connectivity index (χ3v) is 7.16. The molecular weight excluding hydrogens is 357 g/mol. The molecule has 2 aromatic rings. The molecule has 0 heterocycles. The van der Waals surface area contributed by atoms with Crippen LogP contribution in [0, 0.1) is 35.2 Å². The number of halogens is 3. The summed E-state index contributed by atoms with van der Waals surface area (Å²) >= 11 is 0. The van der Waals surface area contributed by atoms with Gasteiger partial charge in [-0.15, -0.1) is 6.58 Å². The van der Waals surface area contributed by atoms with Crippen LogP contribution in [0.4, 0.5) is 13.2 Å². The van der Waals surface area contributed by atoms with E-state index in [2.05, 4.69) is 13.5 Å². The first-order valence-corrected chi connectivity index (χ1v) is 10.7. The van der Waals surface area contributed by atoms with Gasteiger partial charge in [0.05, 0.1) is 5.39 Å². The van der Waals surface area contributed by atoms with Gasteiger partial charge < -0.3 is 0 Å². The van der Waals surface area contributed by atoms with E-state index in [0.29, 0.717) is 35.3 Å². The van der Waals surface area contributed by atoms with Crippen molar-refractivity contribution < 1.29 is 13.2 Å². The zero-order valence-corrected chi connectivity index (χ0v) is 16.6. The van der Waals surface area contributed by atoms with Crippen LogP contribution in [0.3, 0.4) is 0 Å². The van der Waals surface area contributed by atoms with Crippen molar-refractivity contribution in [2.24, 2.45) is 17.8 Å². The highest BCUT2D eigenvalue weighted by Gasteiger charge is 2.36. The molecule has 0 saturated heterocycles. The average molecular weight is 387 g/mol. The minimum atomic E-state index is -1.02. The maximum Gasteiger partial charge on any atom is 0.169 e. The van der Waals surface area contributed by atoms with Gasteiger partial charge in [-0.2, -0.15) is 0 Å². The second-order valence-corrected chi connectivity index (χ2v) is 9.01. The second-order valence-electron chi connectivity index (χ2n) is 9.01. The fourth-order valence-electron chi connectivity index (χ4n) is 5.60. The highest BCUT2D eigenvalue weighted by molar-refractivity contribution is 5.85. The van der Waals surface area contributed by atoms with Gasteiger partial charge in [0.25, 0.3) is 0 Å². The SMILES string of the molecule is C=CCCc1ccc2cc(C3CCC4CC(C)CCC4C3)c(F)c(F)c2c1F. The Balaban J connectivity index is 1.67. The Morgan fingerprint density at radius 3 is 2.50 bits per heavy atom. The minimum absolute atomic E-state index is 0.0389. The first-order valence-electron chi connectivity index (χ1n) is 10.7. The lowest BCUT2D eigenvalue weighted by molar-refractivity contribution is 0.123. The van der Waals surface area contributed by atoms with E-state index in [1.54, 1.807) is 24.3 Å². The number of fused-ring (bicyclic) bond motifs is 2. The standard InChI is InChI=1S/C25H29F3/c1-3-4-5-16-8-11-20-14-21(24(27)25(28)22(20)23(16)26)19-10-9-17-12-15(2)6-7-18(17)13-19/h3,8,11,14-15,17-19H,1,4-7,9-10,12-13H2,2H3. The summed E-state index contributed by atoms with van der Waals surface area (Å²) in [7, 11) is 0. The Hall–Kier alpha value is -1.77. The van der Waals surface area contributed by atoms with Gasteiger partial charge in [0.15, 0.2) is 11.6 Å². The molecule has 2 aliphatic rings. The molecule has 3 heteroatoms. The van der Waals surface area contributed by atoms with Crippen molar-refractivity contribution in [2.75, 3.05) is 0 Å². The van der Waals surface area contributed by atoms with E-state index in [9.17, 15) is 8.78 Å². The van der Waals surface area contributed by atoms with E-state index in [0.717, 1.165) is 31.1 Å². The summed E-state index contributed by atoms with van der Waals surface area (Å²) in [6, 6.07) is 5.13. The highest BCUT2D eigenvalue weighted by atomic mass is 19.2. The Morgan fingerprint density at radius 2 is 1.71 bits per heavy atom. The fourth-order valence-corrected chi connectivity index (χ4v) is 5.60. The summed E-state index contributed by atoms with van der Waals surface area (Å²) < 4.78 is 44.8. The quantitative estimate of drug-likeness (QED) is 0.472. The lowest BCUT2D eigenvalue weighted by Gasteiger charge is -2.41. The van der Waals surface area contributed by atoms with Crippen LogP contribution in [0.25, 0.3) is 10.8 Å². The number of rotatable bonds is 4. The first-order chi connectivity index (χ1) is 13.5. The molecule has 2 aromatic carbocycles. The zero-order chi connectivity index (χ0) is 19.8. The van der Waals surface area contributed by atoms with Gasteiger partial charge in [-0.3, -0.25) is 0 Å². The molecule has 2 fully saturated rings. The Morgan fingerprint density at radius 1 is 0.964 bits per heavy atom. The molecule has 28 heavy (non-hydrogen) atoms. The van der Waals surface area contributed by atoms with Crippen molar-refractivity contribution in [3.63, 3.8) is 0 Å². The molecule has 4 atom stereocenters. The van der Waals surface area contributed by atoms with E-state index in [1.807, 2.05) is 0 Å². The van der Waals surface area contributed by atoms with Crippen LogP contribution in [0.1, 0.15) is 68.9 Å². The molecule has 2 aliphatic carbocycles. The largest absolute Gasteiger partial charge is 0.206 e. The predicted molar refractivity (Wildman–Crippen MR) is 109 cm³/mol. The van der Waals surface area contributed by atoms with Crippen molar-refractivity contribution in [3.8, 4) is 0 Å². The summed E-state index contributed by atoms with van der Waals surface area (Å²) in [6.07, 6.45) is 9.37. The third kappa shape index (κ3) is 3.49. The molecule has 0 nitrogen and oxygen atoms in total. The van der Waals surface area contributed by atoms with Gasteiger partial charge >= 0.3 is 0 Å². The second kappa shape index (κ2) is 7.93. The van der Waals surface area contributed by atoms with Crippen LogP contribution in [-0.2, 0) is 6.42 Å². The molecule has 4 rings (SSSR count). The molecule has 2 saturated carbocycles. The van der Waals surface area contributed by atoms with Gasteiger partial charge in [0, 0.05) is 0 Å². The number of aryl methyl sites for hydroxylation is 1. The summed E-state index contributed by atoms with van der Waals surface area (Å²) in [4.78, 5) is 0. The minimum Gasteiger partial charge on any atom is -0.206 e. The highest BCUT2D eigenvalue weighted by Crippen LogP contribution is 2.48. The van der Waals surface area contributed by atoms with Gasteiger partial charge in [0.2, 0.25) is 0 Å². The van der Waals surface area contributed by atoms with Gasteiger partial charge in [0.1, 0.15) is 5.82 Å². The lowest BCUT2D eigenvalue weighted by Crippen LogP contribution is -2.30. The molecule has 0 bridgehead atoms. The molecular formula is C25H29F3. The molecule has 0 radical (unpaired) electrons. The number of hydrogen-bond donors (Lipinski definition) is 0. The number of allylic oxidation sites excluding steroid dienone is 1. The van der Waals surface area contributed by atoms with Crippen molar-refractivity contribution in [1.82, 2.24) is 0 Å². The van der Waals surface area contributed by atoms with Crippen LogP contribution < -0.4 is 0 Å². The normalized spacial score (nSPS) is 27.6. The summed E-state index contributed by atoms with van der Waals surface area (Å²) in [5.41, 5.74) is 0.857. The molecule has 4 unspecified atom stereocenters. The summed E-state index contributed by atoms with van der Waals surface area (Å²) in [6.45, 7) is 5.96. The van der Waals surface area contributed by atoms with Gasteiger partial charge in [-0.1, -0.05) is 31.6 Å². The molecule has 0 N–H and O–H groups in total.